The zero-order chi connectivity index (χ0) is 29.5. The maximum absolute atomic E-state index is 13.4. The Kier molecular flexibility index (Phi) is 8.48. The van der Waals surface area contributed by atoms with Gasteiger partial charge in [0.05, 0.1) is 22.4 Å². The molecule has 4 aliphatic rings. The number of nitrogens with one attached hydrogen (secondary N) is 3. The van der Waals surface area contributed by atoms with Gasteiger partial charge >= 0.3 is 5.97 Å². The van der Waals surface area contributed by atoms with Crippen molar-refractivity contribution in [3.8, 4) is 0 Å². The molecule has 2 aromatic rings. The van der Waals surface area contributed by atoms with Crippen LogP contribution in [-0.2, 0) is 14.8 Å². The van der Waals surface area contributed by atoms with Crippen LogP contribution in [0.4, 0.5) is 10.7 Å². The molecule has 4 aliphatic carbocycles. The summed E-state index contributed by atoms with van der Waals surface area (Å²) in [5.41, 5.74) is 1.07. The van der Waals surface area contributed by atoms with E-state index in [4.69, 9.17) is 17.0 Å². The topological polar surface area (TPSA) is 117 Å². The van der Waals surface area contributed by atoms with E-state index in [-0.39, 0.29) is 27.0 Å². The molecular formula is C29H38N4O5S3. The van der Waals surface area contributed by atoms with Gasteiger partial charge in [-0.15, -0.1) is 11.3 Å². The molecular weight excluding hydrogens is 581 g/mol. The van der Waals surface area contributed by atoms with Gasteiger partial charge in [-0.05, 0) is 119 Å². The van der Waals surface area contributed by atoms with E-state index in [0.717, 1.165) is 30.6 Å². The fraction of sp³-hybridized carbons (Fsp3) is 0.552. The van der Waals surface area contributed by atoms with Crippen molar-refractivity contribution in [2.24, 2.45) is 17.8 Å². The molecule has 0 atom stereocenters. The highest BCUT2D eigenvalue weighted by atomic mass is 32.2. The van der Waals surface area contributed by atoms with Crippen molar-refractivity contribution >= 4 is 61.3 Å². The normalized spacial score (nSPS) is 24.6. The van der Waals surface area contributed by atoms with Crippen LogP contribution in [0.3, 0.4) is 0 Å². The first-order valence-corrected chi connectivity index (χ1v) is 16.9. The molecule has 12 heteroatoms. The Hall–Kier alpha value is -2.54. The highest BCUT2D eigenvalue weighted by Crippen LogP contribution is 2.56. The molecule has 4 fully saturated rings. The Morgan fingerprint density at radius 2 is 1.59 bits per heavy atom. The average molecular weight is 619 g/mol. The second kappa shape index (κ2) is 11.6. The van der Waals surface area contributed by atoms with Gasteiger partial charge in [0, 0.05) is 24.3 Å². The minimum Gasteiger partial charge on any atom is -0.465 e. The summed E-state index contributed by atoms with van der Waals surface area (Å²) in [4.78, 5) is 28.0. The predicted molar refractivity (Wildman–Crippen MR) is 165 cm³/mol. The predicted octanol–water partition coefficient (Wildman–Crippen LogP) is 5.38. The van der Waals surface area contributed by atoms with Gasteiger partial charge in [0.2, 0.25) is 10.0 Å². The first kappa shape index (κ1) is 29.9. The highest BCUT2D eigenvalue weighted by molar-refractivity contribution is 7.89. The van der Waals surface area contributed by atoms with Gasteiger partial charge in [0.15, 0.2) is 5.11 Å². The van der Waals surface area contributed by atoms with Gasteiger partial charge in [-0.2, -0.15) is 0 Å². The number of ether oxygens (including phenoxy) is 1. The molecule has 1 heterocycles. The molecule has 0 radical (unpaired) electrons. The van der Waals surface area contributed by atoms with E-state index in [9.17, 15) is 18.0 Å². The minimum atomic E-state index is -3.67. The van der Waals surface area contributed by atoms with E-state index >= 15 is 0 Å². The van der Waals surface area contributed by atoms with Crippen molar-refractivity contribution in [2.75, 3.05) is 30.8 Å². The number of nitrogens with zero attached hydrogens (tertiary/aromatic N) is 1. The zero-order valence-electron chi connectivity index (χ0n) is 23.9. The molecule has 1 aromatic heterocycles. The molecule has 222 valence electrons. The highest BCUT2D eigenvalue weighted by Gasteiger charge is 2.52. The molecule has 0 unspecified atom stereocenters. The monoisotopic (exact) mass is 618 g/mol. The van der Waals surface area contributed by atoms with E-state index in [1.807, 2.05) is 13.8 Å². The summed E-state index contributed by atoms with van der Waals surface area (Å²) in [6, 6.07) is 6.48. The van der Waals surface area contributed by atoms with Crippen molar-refractivity contribution in [2.45, 2.75) is 69.7 Å². The summed E-state index contributed by atoms with van der Waals surface area (Å²) in [6.45, 7) is 6.62. The Labute approximate surface area is 251 Å². The van der Waals surface area contributed by atoms with Crippen LogP contribution in [0.2, 0.25) is 0 Å². The molecule has 1 aromatic carbocycles. The van der Waals surface area contributed by atoms with Crippen molar-refractivity contribution in [1.82, 2.24) is 9.62 Å². The van der Waals surface area contributed by atoms with E-state index in [2.05, 4.69) is 15.4 Å². The van der Waals surface area contributed by atoms with Gasteiger partial charge in [0.25, 0.3) is 5.91 Å². The second-order valence-corrected chi connectivity index (χ2v) is 14.7. The summed E-state index contributed by atoms with van der Waals surface area (Å²) < 4.78 is 34.8. The smallest absolute Gasteiger partial charge is 0.341 e. The molecule has 4 saturated carbocycles. The lowest BCUT2D eigenvalue weighted by molar-refractivity contribution is -0.00811. The van der Waals surface area contributed by atoms with Crippen LogP contribution in [0.25, 0.3) is 0 Å². The van der Waals surface area contributed by atoms with Gasteiger partial charge in [0.1, 0.15) is 5.00 Å². The summed E-state index contributed by atoms with van der Waals surface area (Å²) in [6.07, 6.45) is 6.56. The molecule has 41 heavy (non-hydrogen) atoms. The van der Waals surface area contributed by atoms with Gasteiger partial charge in [-0.25, -0.2) is 17.9 Å². The van der Waals surface area contributed by atoms with Crippen LogP contribution in [0.15, 0.2) is 29.2 Å². The van der Waals surface area contributed by atoms with E-state index < -0.39 is 16.0 Å². The van der Waals surface area contributed by atoms with Crippen molar-refractivity contribution < 1.29 is 22.7 Å². The van der Waals surface area contributed by atoms with Crippen molar-refractivity contribution in [1.29, 1.82) is 0 Å². The summed E-state index contributed by atoms with van der Waals surface area (Å²) >= 11 is 6.65. The first-order valence-electron chi connectivity index (χ1n) is 14.2. The molecule has 1 amide bonds. The van der Waals surface area contributed by atoms with Crippen LogP contribution in [-0.4, -0.2) is 56.0 Å². The summed E-state index contributed by atoms with van der Waals surface area (Å²) in [7, 11) is -2.38. The third-order valence-corrected chi connectivity index (χ3v) is 11.8. The van der Waals surface area contributed by atoms with Crippen LogP contribution in [0.1, 0.15) is 78.0 Å². The van der Waals surface area contributed by atoms with Crippen LogP contribution < -0.4 is 15.4 Å². The minimum absolute atomic E-state index is 0.159. The molecule has 6 rings (SSSR count). The first-order chi connectivity index (χ1) is 19.5. The Balaban J connectivity index is 1.28. The lowest BCUT2D eigenvalue weighted by Gasteiger charge is -2.56. The number of sulfonamides is 1. The standard InChI is InChI=1S/C29H38N4O5S3/c1-5-33(6-2)26(34)24-17(3)23(27(35)38-4)25(40-24)31-28(39)30-21-7-9-22(10-8-21)41(36,37)32-29-14-18-11-19(15-29)13-20(12-18)16-29/h7-10,18-20,32H,5-6,11-16H2,1-4H3,(H2,30,31,39). The summed E-state index contributed by atoms with van der Waals surface area (Å²) in [5.74, 6) is 1.20. The molecule has 9 nitrogen and oxygen atoms in total. The van der Waals surface area contributed by atoms with E-state index in [1.54, 1.807) is 36.1 Å². The number of amides is 1. The number of thiophene rings is 1. The van der Waals surface area contributed by atoms with Crippen LogP contribution in [0.5, 0.6) is 0 Å². The van der Waals surface area contributed by atoms with E-state index in [0.29, 0.717) is 52.0 Å². The number of methoxy groups -OCH3 is 1. The number of thiocarbonyl (C=S) groups is 1. The van der Waals surface area contributed by atoms with Gasteiger partial charge in [-0.1, -0.05) is 0 Å². The largest absolute Gasteiger partial charge is 0.465 e. The number of anilines is 2. The number of esters is 1. The van der Waals surface area contributed by atoms with Crippen molar-refractivity contribution in [3.05, 3.63) is 40.3 Å². The lowest BCUT2D eigenvalue weighted by atomic mass is 9.53. The SMILES string of the molecule is CCN(CC)C(=O)c1sc(NC(=S)Nc2ccc(S(=O)(=O)NC34CC5CC(CC(C5)C3)C4)cc2)c(C(=O)OC)c1C. The van der Waals surface area contributed by atoms with E-state index in [1.165, 1.54) is 26.4 Å². The number of carbonyl (C=O) groups excluding carboxylic acids is 2. The maximum Gasteiger partial charge on any atom is 0.341 e. The molecule has 4 bridgehead atoms. The lowest BCUT2D eigenvalue weighted by Crippen LogP contribution is -2.59. The number of rotatable bonds is 9. The third-order valence-electron chi connectivity index (χ3n) is 8.82. The molecule has 0 spiro atoms. The quantitative estimate of drug-likeness (QED) is 0.253. The molecule has 0 saturated heterocycles. The zero-order valence-corrected chi connectivity index (χ0v) is 26.4. The number of benzene rings is 1. The van der Waals surface area contributed by atoms with Crippen molar-refractivity contribution in [3.63, 3.8) is 0 Å². The average Bonchev–Trinajstić information content (AvgIpc) is 3.22. The van der Waals surface area contributed by atoms with Crippen LogP contribution >= 0.6 is 23.6 Å². The van der Waals surface area contributed by atoms with Gasteiger partial charge < -0.3 is 20.3 Å². The Morgan fingerprint density at radius 1 is 1.02 bits per heavy atom. The molecule has 0 aliphatic heterocycles. The third kappa shape index (κ3) is 6.02. The number of carbonyl (C=O) groups is 2. The Bertz CT molecular complexity index is 1410. The second-order valence-electron chi connectivity index (χ2n) is 11.6. The summed E-state index contributed by atoms with van der Waals surface area (Å²) in [5, 5.41) is 6.68. The molecule has 3 N–H and O–H groups in total. The number of hydrogen-bond acceptors (Lipinski definition) is 7. The fourth-order valence-electron chi connectivity index (χ4n) is 7.37. The Morgan fingerprint density at radius 3 is 2.10 bits per heavy atom. The van der Waals surface area contributed by atoms with Crippen LogP contribution in [0, 0.1) is 24.7 Å². The van der Waals surface area contributed by atoms with Gasteiger partial charge in [-0.3, -0.25) is 4.79 Å². The fourth-order valence-corrected chi connectivity index (χ4v) is 10.3. The number of hydrogen-bond donors (Lipinski definition) is 3. The maximum atomic E-state index is 13.4.